The molecule has 1 amide bonds. The van der Waals surface area contributed by atoms with Gasteiger partial charge in [0.05, 0.1) is 0 Å². The monoisotopic (exact) mass is 430 g/mol. The number of carbonyl (C=O) groups excluding carboxylic acids is 1. The van der Waals surface area contributed by atoms with Crippen LogP contribution in [0.5, 0.6) is 0 Å². The first kappa shape index (κ1) is 19.8. The Labute approximate surface area is 176 Å². The van der Waals surface area contributed by atoms with Gasteiger partial charge in [0.2, 0.25) is 5.91 Å². The van der Waals surface area contributed by atoms with Crippen molar-refractivity contribution in [3.05, 3.63) is 53.3 Å². The molecule has 10 heteroatoms. The standard InChI is InChI=1S/C21H21F3N6O/c22-21(23,24)20-26-25-17-5-6-18(27-30(17)20)28-10-8-15(9-11-28)19(31)29-12-7-14-3-1-2-4-16(14)13-29/h1-6,15H,7-13H2. The van der Waals surface area contributed by atoms with Crippen molar-refractivity contribution in [3.63, 3.8) is 0 Å². The van der Waals surface area contributed by atoms with Gasteiger partial charge >= 0.3 is 6.18 Å². The van der Waals surface area contributed by atoms with E-state index in [1.54, 1.807) is 6.07 Å². The smallest absolute Gasteiger partial charge is 0.355 e. The van der Waals surface area contributed by atoms with Crippen LogP contribution in [0.2, 0.25) is 0 Å². The van der Waals surface area contributed by atoms with Gasteiger partial charge < -0.3 is 9.80 Å². The third-order valence-electron chi connectivity index (χ3n) is 6.11. The second-order valence-corrected chi connectivity index (χ2v) is 8.02. The van der Waals surface area contributed by atoms with Crippen LogP contribution in [0.3, 0.4) is 0 Å². The van der Waals surface area contributed by atoms with Crippen LogP contribution in [-0.4, -0.2) is 50.3 Å². The van der Waals surface area contributed by atoms with Crippen molar-refractivity contribution in [1.29, 1.82) is 0 Å². The lowest BCUT2D eigenvalue weighted by Crippen LogP contribution is -2.44. The highest BCUT2D eigenvalue weighted by atomic mass is 19.4. The van der Waals surface area contributed by atoms with Crippen molar-refractivity contribution in [2.75, 3.05) is 24.5 Å². The van der Waals surface area contributed by atoms with Gasteiger partial charge in [-0.25, -0.2) is 0 Å². The Kier molecular flexibility index (Phi) is 4.79. The number of hydrogen-bond acceptors (Lipinski definition) is 5. The normalized spacial score (nSPS) is 17.8. The molecule has 0 saturated carbocycles. The molecule has 162 valence electrons. The van der Waals surface area contributed by atoms with Crippen molar-refractivity contribution in [3.8, 4) is 0 Å². The average Bonchev–Trinajstić information content (AvgIpc) is 3.22. The number of alkyl halides is 3. The highest BCUT2D eigenvalue weighted by molar-refractivity contribution is 5.79. The molecule has 0 spiro atoms. The van der Waals surface area contributed by atoms with Gasteiger partial charge in [-0.2, -0.15) is 17.7 Å². The number of carbonyl (C=O) groups is 1. The molecule has 0 atom stereocenters. The number of nitrogens with zero attached hydrogens (tertiary/aromatic N) is 6. The van der Waals surface area contributed by atoms with Crippen molar-refractivity contribution in [2.24, 2.45) is 5.92 Å². The first-order valence-electron chi connectivity index (χ1n) is 10.3. The molecule has 7 nitrogen and oxygen atoms in total. The number of amides is 1. The summed E-state index contributed by atoms with van der Waals surface area (Å²) in [6.45, 7) is 2.48. The molecule has 2 aliphatic rings. The second-order valence-electron chi connectivity index (χ2n) is 8.02. The van der Waals surface area contributed by atoms with Crippen LogP contribution in [-0.2, 0) is 23.9 Å². The molecule has 3 aromatic rings. The molecule has 1 aromatic carbocycles. The molecule has 2 aromatic heterocycles. The first-order valence-corrected chi connectivity index (χ1v) is 10.3. The fourth-order valence-electron chi connectivity index (χ4n) is 4.42. The van der Waals surface area contributed by atoms with Gasteiger partial charge in [-0.3, -0.25) is 4.79 Å². The highest BCUT2D eigenvalue weighted by Gasteiger charge is 2.38. The number of halogens is 3. The molecule has 1 fully saturated rings. The van der Waals surface area contributed by atoms with E-state index in [0.29, 0.717) is 38.3 Å². The largest absolute Gasteiger partial charge is 0.453 e. The minimum Gasteiger partial charge on any atom is -0.355 e. The third kappa shape index (κ3) is 3.70. The number of hydrogen-bond donors (Lipinski definition) is 0. The van der Waals surface area contributed by atoms with E-state index in [9.17, 15) is 18.0 Å². The summed E-state index contributed by atoms with van der Waals surface area (Å²) in [6.07, 6.45) is -2.47. The number of benzene rings is 1. The average molecular weight is 430 g/mol. The fraction of sp³-hybridized carbons (Fsp3) is 0.429. The molecule has 0 N–H and O–H groups in total. The fourth-order valence-corrected chi connectivity index (χ4v) is 4.42. The van der Waals surface area contributed by atoms with Gasteiger partial charge in [-0.15, -0.1) is 15.3 Å². The Morgan fingerprint density at radius 1 is 0.968 bits per heavy atom. The molecule has 0 radical (unpaired) electrons. The molecule has 2 aliphatic heterocycles. The zero-order chi connectivity index (χ0) is 21.6. The summed E-state index contributed by atoms with van der Waals surface area (Å²) < 4.78 is 40.1. The second kappa shape index (κ2) is 7.51. The minimum absolute atomic E-state index is 0.0477. The maximum absolute atomic E-state index is 13.1. The minimum atomic E-state index is -4.63. The van der Waals surface area contributed by atoms with E-state index < -0.39 is 12.0 Å². The SMILES string of the molecule is O=C(C1CCN(c2ccc3nnc(C(F)(F)F)n3n2)CC1)N1CCc2ccccc2C1. The van der Waals surface area contributed by atoms with Crippen molar-refractivity contribution < 1.29 is 18.0 Å². The molecule has 5 rings (SSSR count). The van der Waals surface area contributed by atoms with Gasteiger partial charge in [0, 0.05) is 32.1 Å². The van der Waals surface area contributed by atoms with Crippen LogP contribution in [0.1, 0.15) is 29.8 Å². The predicted molar refractivity (Wildman–Crippen MR) is 106 cm³/mol. The van der Waals surface area contributed by atoms with Crippen LogP contribution in [0, 0.1) is 5.92 Å². The summed E-state index contributed by atoms with van der Waals surface area (Å²) in [6, 6.07) is 11.3. The van der Waals surface area contributed by atoms with E-state index in [0.717, 1.165) is 17.5 Å². The van der Waals surface area contributed by atoms with Gasteiger partial charge in [-0.05, 0) is 42.5 Å². The molecule has 0 aliphatic carbocycles. The lowest BCUT2D eigenvalue weighted by molar-refractivity contribution is -0.146. The number of rotatable bonds is 2. The molecule has 31 heavy (non-hydrogen) atoms. The Bertz CT molecular complexity index is 1120. The van der Waals surface area contributed by atoms with Gasteiger partial charge in [0.15, 0.2) is 5.65 Å². The first-order chi connectivity index (χ1) is 14.9. The maximum atomic E-state index is 13.1. The van der Waals surface area contributed by atoms with Gasteiger partial charge in [-0.1, -0.05) is 24.3 Å². The predicted octanol–water partition coefficient (Wildman–Crippen LogP) is 2.94. The number of fused-ring (bicyclic) bond motifs is 2. The van der Waals surface area contributed by atoms with Crippen LogP contribution >= 0.6 is 0 Å². The van der Waals surface area contributed by atoms with Gasteiger partial charge in [0.1, 0.15) is 5.82 Å². The molecule has 0 bridgehead atoms. The summed E-state index contributed by atoms with van der Waals surface area (Å²) in [4.78, 5) is 16.9. The van der Waals surface area contributed by atoms with Crippen molar-refractivity contribution >= 4 is 17.4 Å². The lowest BCUT2D eigenvalue weighted by atomic mass is 9.93. The summed E-state index contributed by atoms with van der Waals surface area (Å²) >= 11 is 0. The molecule has 4 heterocycles. The van der Waals surface area contributed by atoms with Crippen molar-refractivity contribution in [2.45, 2.75) is 32.0 Å². The number of piperidine rings is 1. The van der Waals surface area contributed by atoms with E-state index in [2.05, 4.69) is 27.4 Å². The number of aromatic nitrogens is 4. The Balaban J connectivity index is 1.26. The third-order valence-corrected chi connectivity index (χ3v) is 6.11. The van der Waals surface area contributed by atoms with Crippen LogP contribution in [0.15, 0.2) is 36.4 Å². The van der Waals surface area contributed by atoms with E-state index in [1.165, 1.54) is 17.2 Å². The van der Waals surface area contributed by atoms with Crippen LogP contribution in [0.25, 0.3) is 5.65 Å². The Hall–Kier alpha value is -3.17. The molecular formula is C21H21F3N6O. The topological polar surface area (TPSA) is 66.6 Å². The summed E-state index contributed by atoms with van der Waals surface area (Å²) in [5.41, 5.74) is 2.55. The zero-order valence-corrected chi connectivity index (χ0v) is 16.7. The molecular weight excluding hydrogens is 409 g/mol. The Morgan fingerprint density at radius 2 is 1.71 bits per heavy atom. The highest BCUT2D eigenvalue weighted by Crippen LogP contribution is 2.29. The van der Waals surface area contributed by atoms with E-state index in [-0.39, 0.29) is 17.5 Å². The van der Waals surface area contributed by atoms with Crippen molar-refractivity contribution in [1.82, 2.24) is 24.7 Å². The summed E-state index contributed by atoms with van der Waals surface area (Å²) in [5.74, 6) is -0.628. The van der Waals surface area contributed by atoms with E-state index in [1.807, 2.05) is 21.9 Å². The quantitative estimate of drug-likeness (QED) is 0.626. The van der Waals surface area contributed by atoms with E-state index >= 15 is 0 Å². The molecule has 0 unspecified atom stereocenters. The molecule has 1 saturated heterocycles. The van der Waals surface area contributed by atoms with E-state index in [4.69, 9.17) is 0 Å². The zero-order valence-electron chi connectivity index (χ0n) is 16.7. The number of anilines is 1. The summed E-state index contributed by atoms with van der Waals surface area (Å²) in [7, 11) is 0. The maximum Gasteiger partial charge on any atom is 0.453 e. The summed E-state index contributed by atoms with van der Waals surface area (Å²) in [5, 5.41) is 10.9. The van der Waals surface area contributed by atoms with Crippen LogP contribution in [0.4, 0.5) is 19.0 Å². The lowest BCUT2D eigenvalue weighted by Gasteiger charge is -2.36. The van der Waals surface area contributed by atoms with Gasteiger partial charge in [0.25, 0.3) is 5.82 Å². The Morgan fingerprint density at radius 3 is 2.45 bits per heavy atom. The van der Waals surface area contributed by atoms with Crippen LogP contribution < -0.4 is 4.90 Å².